The molecular weight excluding hydrogens is 196 g/mol. The average molecular weight is 209 g/mol. The summed E-state index contributed by atoms with van der Waals surface area (Å²) in [6.45, 7) is 0. The van der Waals surface area contributed by atoms with Crippen LogP contribution in [0.25, 0.3) is 0 Å². The number of carboxylic acids is 1. The molecular formula is C11H13O4-. The lowest BCUT2D eigenvalue weighted by molar-refractivity contribution is -0.297. The maximum atomic E-state index is 11.2. The fourth-order valence-electron chi connectivity index (χ4n) is 2.66. The molecule has 0 N–H and O–H groups in total. The van der Waals surface area contributed by atoms with Crippen LogP contribution in [0.1, 0.15) is 25.7 Å². The molecule has 4 heteroatoms. The van der Waals surface area contributed by atoms with E-state index in [4.69, 9.17) is 4.74 Å². The van der Waals surface area contributed by atoms with Gasteiger partial charge in [-0.1, -0.05) is 0 Å². The Kier molecular flexibility index (Phi) is 2.75. The van der Waals surface area contributed by atoms with Gasteiger partial charge in [0.25, 0.3) is 0 Å². The standard InChI is InChI=1S/C11H14O4/c12-10(13)3-4-11(14)15-9-6-7-1-2-8(9)5-7/h3-4,7-9H,1-2,5-6H2,(H,12,13)/p-1/b4-3+/t7-,8+,9-/m1/s1. The molecule has 0 aromatic rings. The fraction of sp³-hybridized carbons (Fsp3) is 0.636. The van der Waals surface area contributed by atoms with Gasteiger partial charge in [-0.2, -0.15) is 0 Å². The number of hydrogen-bond acceptors (Lipinski definition) is 4. The van der Waals surface area contributed by atoms with E-state index in [-0.39, 0.29) is 6.10 Å². The first-order valence-corrected chi connectivity index (χ1v) is 5.25. The molecule has 2 fully saturated rings. The Hall–Kier alpha value is -1.32. The molecule has 3 atom stereocenters. The first kappa shape index (κ1) is 10.2. The lowest BCUT2D eigenvalue weighted by atomic mass is 9.98. The van der Waals surface area contributed by atoms with Crippen LogP contribution in [-0.4, -0.2) is 18.0 Å². The second-order valence-electron chi connectivity index (χ2n) is 4.30. The number of carboxylic acid groups (broad SMARTS) is 1. The van der Waals surface area contributed by atoms with Crippen molar-refractivity contribution in [1.29, 1.82) is 0 Å². The monoisotopic (exact) mass is 209 g/mol. The van der Waals surface area contributed by atoms with E-state index in [1.54, 1.807) is 0 Å². The van der Waals surface area contributed by atoms with Gasteiger partial charge < -0.3 is 14.6 Å². The first-order chi connectivity index (χ1) is 7.15. The molecule has 2 saturated carbocycles. The van der Waals surface area contributed by atoms with Crippen LogP contribution in [0.4, 0.5) is 0 Å². The molecule has 2 aliphatic carbocycles. The predicted octanol–water partition coefficient (Wildman–Crippen LogP) is 0.0243. The van der Waals surface area contributed by atoms with Crippen LogP contribution in [0.15, 0.2) is 12.2 Å². The number of aliphatic carboxylic acids is 1. The van der Waals surface area contributed by atoms with Crippen LogP contribution >= 0.6 is 0 Å². The summed E-state index contributed by atoms with van der Waals surface area (Å²) in [7, 11) is 0. The minimum Gasteiger partial charge on any atom is -0.545 e. The summed E-state index contributed by atoms with van der Waals surface area (Å²) in [6.07, 6.45) is 6.09. The zero-order valence-corrected chi connectivity index (χ0v) is 8.35. The van der Waals surface area contributed by atoms with E-state index in [0.29, 0.717) is 17.9 Å². The number of rotatable bonds is 3. The number of esters is 1. The Bertz CT molecular complexity index is 308. The second-order valence-corrected chi connectivity index (χ2v) is 4.30. The Labute approximate surface area is 87.9 Å². The van der Waals surface area contributed by atoms with Crippen LogP contribution in [0.3, 0.4) is 0 Å². The summed E-state index contributed by atoms with van der Waals surface area (Å²) in [6, 6.07) is 0. The molecule has 0 unspecified atom stereocenters. The lowest BCUT2D eigenvalue weighted by Crippen LogP contribution is -2.24. The maximum Gasteiger partial charge on any atom is 0.331 e. The van der Waals surface area contributed by atoms with E-state index in [1.165, 1.54) is 6.42 Å². The van der Waals surface area contributed by atoms with E-state index in [2.05, 4.69) is 0 Å². The fourth-order valence-corrected chi connectivity index (χ4v) is 2.66. The SMILES string of the molecule is O=C([O-])/C=C/C(=O)O[C@@H]1C[C@@H]2CC[C@H]1C2. The van der Waals surface area contributed by atoms with Gasteiger partial charge in [0.05, 0.1) is 5.97 Å². The van der Waals surface area contributed by atoms with E-state index < -0.39 is 11.9 Å². The molecule has 15 heavy (non-hydrogen) atoms. The summed E-state index contributed by atoms with van der Waals surface area (Å²) >= 11 is 0. The molecule has 4 nitrogen and oxygen atoms in total. The summed E-state index contributed by atoms with van der Waals surface area (Å²) in [4.78, 5) is 21.2. The van der Waals surface area contributed by atoms with Crippen molar-refractivity contribution in [1.82, 2.24) is 0 Å². The summed E-state index contributed by atoms with van der Waals surface area (Å²) in [5.74, 6) is -0.745. The third-order valence-corrected chi connectivity index (χ3v) is 3.30. The van der Waals surface area contributed by atoms with Crippen molar-refractivity contribution >= 4 is 11.9 Å². The van der Waals surface area contributed by atoms with Gasteiger partial charge in [-0.25, -0.2) is 4.79 Å². The number of carbonyl (C=O) groups is 2. The van der Waals surface area contributed by atoms with Crippen molar-refractivity contribution in [2.45, 2.75) is 31.8 Å². The molecule has 2 rings (SSSR count). The van der Waals surface area contributed by atoms with Crippen molar-refractivity contribution in [3.05, 3.63) is 12.2 Å². The number of carbonyl (C=O) groups excluding carboxylic acids is 2. The summed E-state index contributed by atoms with van der Waals surface area (Å²) < 4.78 is 5.18. The quantitative estimate of drug-likeness (QED) is 0.485. The van der Waals surface area contributed by atoms with Gasteiger partial charge in [0, 0.05) is 6.08 Å². The topological polar surface area (TPSA) is 66.4 Å². The number of ether oxygens (including phenoxy) is 1. The van der Waals surface area contributed by atoms with E-state index in [0.717, 1.165) is 25.3 Å². The lowest BCUT2D eigenvalue weighted by Gasteiger charge is -2.20. The molecule has 82 valence electrons. The molecule has 2 bridgehead atoms. The third kappa shape index (κ3) is 2.37. The Morgan fingerprint density at radius 3 is 2.53 bits per heavy atom. The van der Waals surface area contributed by atoms with E-state index in [1.807, 2.05) is 0 Å². The van der Waals surface area contributed by atoms with Crippen molar-refractivity contribution in [2.24, 2.45) is 11.8 Å². The summed E-state index contributed by atoms with van der Waals surface area (Å²) in [5, 5.41) is 10.1. The summed E-state index contributed by atoms with van der Waals surface area (Å²) in [5.41, 5.74) is 0. The minimum absolute atomic E-state index is 0.00246. The van der Waals surface area contributed by atoms with Crippen molar-refractivity contribution < 1.29 is 19.4 Å². The molecule has 0 radical (unpaired) electrons. The van der Waals surface area contributed by atoms with Crippen LogP contribution < -0.4 is 5.11 Å². The van der Waals surface area contributed by atoms with E-state index >= 15 is 0 Å². The van der Waals surface area contributed by atoms with Crippen molar-refractivity contribution in [2.75, 3.05) is 0 Å². The molecule has 0 heterocycles. The Morgan fingerprint density at radius 2 is 2.00 bits per heavy atom. The van der Waals surface area contributed by atoms with Crippen molar-refractivity contribution in [3.63, 3.8) is 0 Å². The number of fused-ring (bicyclic) bond motifs is 2. The Morgan fingerprint density at radius 1 is 1.20 bits per heavy atom. The Balaban J connectivity index is 1.82. The van der Waals surface area contributed by atoms with Gasteiger partial charge in [-0.15, -0.1) is 0 Å². The highest BCUT2D eigenvalue weighted by molar-refractivity contribution is 5.89. The first-order valence-electron chi connectivity index (χ1n) is 5.25. The predicted molar refractivity (Wildman–Crippen MR) is 49.5 cm³/mol. The van der Waals surface area contributed by atoms with Crippen LogP contribution in [0.5, 0.6) is 0 Å². The smallest absolute Gasteiger partial charge is 0.331 e. The third-order valence-electron chi connectivity index (χ3n) is 3.30. The largest absolute Gasteiger partial charge is 0.545 e. The van der Waals surface area contributed by atoms with Gasteiger partial charge in [0.1, 0.15) is 6.10 Å². The van der Waals surface area contributed by atoms with Crippen LogP contribution in [0, 0.1) is 11.8 Å². The average Bonchev–Trinajstić information content (AvgIpc) is 2.76. The second kappa shape index (κ2) is 4.04. The molecule has 2 aliphatic rings. The van der Waals surface area contributed by atoms with Crippen LogP contribution in [-0.2, 0) is 14.3 Å². The van der Waals surface area contributed by atoms with Gasteiger partial charge >= 0.3 is 5.97 Å². The van der Waals surface area contributed by atoms with Crippen LogP contribution in [0.2, 0.25) is 0 Å². The molecule has 0 saturated heterocycles. The normalized spacial score (nSPS) is 33.5. The molecule has 0 amide bonds. The highest BCUT2D eigenvalue weighted by Crippen LogP contribution is 2.45. The van der Waals surface area contributed by atoms with Crippen molar-refractivity contribution in [3.8, 4) is 0 Å². The number of hydrogen-bond donors (Lipinski definition) is 0. The van der Waals surface area contributed by atoms with Gasteiger partial charge in [0.2, 0.25) is 0 Å². The van der Waals surface area contributed by atoms with Gasteiger partial charge in [0.15, 0.2) is 0 Å². The molecule has 0 aromatic heterocycles. The zero-order valence-electron chi connectivity index (χ0n) is 8.35. The zero-order chi connectivity index (χ0) is 10.8. The maximum absolute atomic E-state index is 11.2. The highest BCUT2D eigenvalue weighted by atomic mass is 16.5. The highest BCUT2D eigenvalue weighted by Gasteiger charge is 2.41. The minimum atomic E-state index is -1.38. The van der Waals surface area contributed by atoms with E-state index in [9.17, 15) is 14.7 Å². The molecule has 0 aromatic carbocycles. The van der Waals surface area contributed by atoms with Gasteiger partial charge in [-0.3, -0.25) is 0 Å². The molecule has 0 spiro atoms. The van der Waals surface area contributed by atoms with Gasteiger partial charge in [-0.05, 0) is 43.6 Å². The molecule has 0 aliphatic heterocycles.